The van der Waals surface area contributed by atoms with Crippen LogP contribution in [0.15, 0.2) is 18.2 Å². The first-order valence-electron chi connectivity index (χ1n) is 7.24. The molecule has 23 heavy (non-hydrogen) atoms. The van der Waals surface area contributed by atoms with E-state index in [9.17, 15) is 14.9 Å². The van der Waals surface area contributed by atoms with Crippen molar-refractivity contribution in [1.82, 2.24) is 4.90 Å². The van der Waals surface area contributed by atoms with E-state index in [0.717, 1.165) is 5.56 Å². The molecule has 7 heteroatoms. The number of nitrogens with zero attached hydrogens (tertiary/aromatic N) is 3. The summed E-state index contributed by atoms with van der Waals surface area (Å²) < 4.78 is 5.42. The molecule has 0 saturated heterocycles. The molecule has 1 atom stereocenters. The van der Waals surface area contributed by atoms with Crippen LogP contribution in [0.25, 0.3) is 0 Å². The summed E-state index contributed by atoms with van der Waals surface area (Å²) in [5.74, 6) is 0. The van der Waals surface area contributed by atoms with E-state index in [0.29, 0.717) is 5.56 Å². The maximum atomic E-state index is 12.5. The first-order valence-corrected chi connectivity index (χ1v) is 7.24. The largest absolute Gasteiger partial charge is 0.444 e. The van der Waals surface area contributed by atoms with Gasteiger partial charge in [0.05, 0.1) is 29.5 Å². The third-order valence-electron chi connectivity index (χ3n) is 3.84. The standard InChI is InChI=1S/C16H19N3O4/c1-15(2,3)23-14(20)18-10-11-9-12(19(21)22)5-6-13(11)16(18,4)7-8-17/h5-6,9H,7,10H2,1-4H3. The Labute approximate surface area is 134 Å². The highest BCUT2D eigenvalue weighted by Gasteiger charge is 2.46. The molecule has 1 unspecified atom stereocenters. The van der Waals surface area contributed by atoms with Crippen LogP contribution in [-0.2, 0) is 16.8 Å². The predicted molar refractivity (Wildman–Crippen MR) is 82.5 cm³/mol. The van der Waals surface area contributed by atoms with Gasteiger partial charge >= 0.3 is 6.09 Å². The fourth-order valence-electron chi connectivity index (χ4n) is 2.77. The number of ether oxygens (including phenoxy) is 1. The minimum Gasteiger partial charge on any atom is -0.444 e. The number of carbonyl (C=O) groups is 1. The van der Waals surface area contributed by atoms with Crippen LogP contribution in [0.2, 0.25) is 0 Å². The molecular weight excluding hydrogens is 298 g/mol. The molecule has 1 aliphatic rings. The van der Waals surface area contributed by atoms with E-state index in [1.807, 2.05) is 0 Å². The number of carbonyl (C=O) groups excluding carboxylic acids is 1. The van der Waals surface area contributed by atoms with E-state index in [1.165, 1.54) is 17.0 Å². The third kappa shape index (κ3) is 3.11. The summed E-state index contributed by atoms with van der Waals surface area (Å²) in [5, 5.41) is 20.1. The van der Waals surface area contributed by atoms with Crippen molar-refractivity contribution in [2.75, 3.05) is 0 Å². The molecule has 7 nitrogen and oxygen atoms in total. The van der Waals surface area contributed by atoms with E-state index >= 15 is 0 Å². The van der Waals surface area contributed by atoms with Gasteiger partial charge in [0.25, 0.3) is 5.69 Å². The summed E-state index contributed by atoms with van der Waals surface area (Å²) in [6.07, 6.45) is -0.453. The SMILES string of the molecule is CC(C)(C)OC(=O)N1Cc2cc([N+](=O)[O-])ccc2C1(C)CC#N. The summed E-state index contributed by atoms with van der Waals surface area (Å²) in [6, 6.07) is 6.56. The lowest BCUT2D eigenvalue weighted by Gasteiger charge is -2.35. The van der Waals surface area contributed by atoms with Gasteiger partial charge in [0.1, 0.15) is 5.60 Å². The van der Waals surface area contributed by atoms with Gasteiger partial charge in [-0.2, -0.15) is 5.26 Å². The monoisotopic (exact) mass is 317 g/mol. The highest BCUT2D eigenvalue weighted by molar-refractivity contribution is 5.71. The van der Waals surface area contributed by atoms with Crippen LogP contribution in [-0.4, -0.2) is 21.5 Å². The minimum atomic E-state index is -0.860. The van der Waals surface area contributed by atoms with Gasteiger partial charge in [-0.3, -0.25) is 15.0 Å². The predicted octanol–water partition coefficient (Wildman–Crippen LogP) is 3.47. The fraction of sp³-hybridized carbons (Fsp3) is 0.500. The summed E-state index contributed by atoms with van der Waals surface area (Å²) in [7, 11) is 0. The Morgan fingerprint density at radius 3 is 2.70 bits per heavy atom. The number of hydrogen-bond donors (Lipinski definition) is 0. The van der Waals surface area contributed by atoms with Crippen LogP contribution in [0, 0.1) is 21.4 Å². The molecule has 0 radical (unpaired) electrons. The lowest BCUT2D eigenvalue weighted by molar-refractivity contribution is -0.384. The van der Waals surface area contributed by atoms with Gasteiger partial charge < -0.3 is 4.74 Å². The van der Waals surface area contributed by atoms with E-state index in [4.69, 9.17) is 10.00 Å². The second-order valence-electron chi connectivity index (χ2n) is 6.77. The van der Waals surface area contributed by atoms with Gasteiger partial charge in [-0.15, -0.1) is 0 Å². The Bertz CT molecular complexity index is 702. The molecule has 0 fully saturated rings. The Kier molecular flexibility index (Phi) is 4.03. The fourth-order valence-corrected chi connectivity index (χ4v) is 2.77. The molecule has 0 aromatic heterocycles. The zero-order valence-corrected chi connectivity index (χ0v) is 13.6. The summed E-state index contributed by atoms with van der Waals surface area (Å²) in [6.45, 7) is 7.25. The molecule has 0 saturated carbocycles. The molecule has 0 spiro atoms. The normalized spacial score (nSPS) is 19.9. The molecular formula is C16H19N3O4. The number of amides is 1. The average molecular weight is 317 g/mol. The first-order chi connectivity index (χ1) is 10.6. The van der Waals surface area contributed by atoms with Gasteiger partial charge in [0.2, 0.25) is 0 Å². The molecule has 0 N–H and O–H groups in total. The summed E-state index contributed by atoms with van der Waals surface area (Å²) >= 11 is 0. The molecule has 122 valence electrons. The highest BCUT2D eigenvalue weighted by atomic mass is 16.6. The number of non-ortho nitro benzene ring substituents is 1. The zero-order valence-electron chi connectivity index (χ0n) is 13.6. The van der Waals surface area contributed by atoms with Crippen LogP contribution in [0.4, 0.5) is 10.5 Å². The minimum absolute atomic E-state index is 0.0332. The van der Waals surface area contributed by atoms with E-state index in [-0.39, 0.29) is 18.7 Å². The zero-order chi connectivity index (χ0) is 17.4. The smallest absolute Gasteiger partial charge is 0.411 e. The third-order valence-corrected chi connectivity index (χ3v) is 3.84. The lowest BCUT2D eigenvalue weighted by Crippen LogP contribution is -2.44. The quantitative estimate of drug-likeness (QED) is 0.614. The molecule has 2 rings (SSSR count). The van der Waals surface area contributed by atoms with Crippen molar-refractivity contribution in [3.63, 3.8) is 0 Å². The number of nitriles is 1. The van der Waals surface area contributed by atoms with E-state index in [1.54, 1.807) is 33.8 Å². The van der Waals surface area contributed by atoms with Crippen molar-refractivity contribution in [2.24, 2.45) is 0 Å². The van der Waals surface area contributed by atoms with Crippen molar-refractivity contribution < 1.29 is 14.5 Å². The number of fused-ring (bicyclic) bond motifs is 1. The molecule has 1 heterocycles. The molecule has 0 bridgehead atoms. The Morgan fingerprint density at radius 1 is 1.52 bits per heavy atom. The summed E-state index contributed by atoms with van der Waals surface area (Å²) in [5.41, 5.74) is -0.139. The van der Waals surface area contributed by atoms with Crippen LogP contribution >= 0.6 is 0 Å². The van der Waals surface area contributed by atoms with Crippen molar-refractivity contribution >= 4 is 11.8 Å². The number of rotatable bonds is 2. The van der Waals surface area contributed by atoms with Crippen LogP contribution in [0.1, 0.15) is 45.2 Å². The molecule has 1 aromatic carbocycles. The van der Waals surface area contributed by atoms with Crippen LogP contribution in [0.3, 0.4) is 0 Å². The maximum absolute atomic E-state index is 12.5. The summed E-state index contributed by atoms with van der Waals surface area (Å²) in [4.78, 5) is 24.4. The number of benzene rings is 1. The molecule has 0 aliphatic carbocycles. The Balaban J connectivity index is 2.44. The topological polar surface area (TPSA) is 96.5 Å². The molecule has 1 aliphatic heterocycles. The Hall–Kier alpha value is -2.62. The van der Waals surface area contributed by atoms with E-state index in [2.05, 4.69) is 6.07 Å². The number of hydrogen-bond acceptors (Lipinski definition) is 5. The van der Waals surface area contributed by atoms with Gasteiger partial charge in [0.15, 0.2) is 0 Å². The number of nitro benzene ring substituents is 1. The second-order valence-corrected chi connectivity index (χ2v) is 6.77. The first kappa shape index (κ1) is 16.7. The van der Waals surface area contributed by atoms with Gasteiger partial charge in [-0.05, 0) is 44.9 Å². The van der Waals surface area contributed by atoms with Crippen LogP contribution < -0.4 is 0 Å². The average Bonchev–Trinajstić information content (AvgIpc) is 2.70. The van der Waals surface area contributed by atoms with E-state index < -0.39 is 22.2 Å². The molecule has 1 aromatic rings. The Morgan fingerprint density at radius 2 is 2.17 bits per heavy atom. The van der Waals surface area contributed by atoms with Gasteiger partial charge in [-0.25, -0.2) is 4.79 Å². The molecule has 1 amide bonds. The van der Waals surface area contributed by atoms with Crippen molar-refractivity contribution in [2.45, 2.75) is 51.8 Å². The lowest BCUT2D eigenvalue weighted by atomic mass is 9.89. The second kappa shape index (κ2) is 5.54. The van der Waals surface area contributed by atoms with Crippen molar-refractivity contribution in [3.8, 4) is 6.07 Å². The maximum Gasteiger partial charge on any atom is 0.411 e. The van der Waals surface area contributed by atoms with Gasteiger partial charge in [0, 0.05) is 12.1 Å². The van der Waals surface area contributed by atoms with Crippen molar-refractivity contribution in [3.05, 3.63) is 39.4 Å². The van der Waals surface area contributed by atoms with Gasteiger partial charge in [-0.1, -0.05) is 0 Å². The van der Waals surface area contributed by atoms with Crippen molar-refractivity contribution in [1.29, 1.82) is 5.26 Å². The van der Waals surface area contributed by atoms with Crippen LogP contribution in [0.5, 0.6) is 0 Å². The highest BCUT2D eigenvalue weighted by Crippen LogP contribution is 2.43. The number of nitro groups is 1.